The van der Waals surface area contributed by atoms with Crippen LogP contribution in [0, 0.1) is 18.3 Å². The molecular weight excluding hydrogens is 305 g/mol. The van der Waals surface area contributed by atoms with Crippen molar-refractivity contribution in [1.82, 2.24) is 4.31 Å². The lowest BCUT2D eigenvalue weighted by Crippen LogP contribution is -2.33. The lowest BCUT2D eigenvalue weighted by molar-refractivity contribution is 0.430. The molecule has 1 aliphatic rings. The number of benzene rings is 1. The van der Waals surface area contributed by atoms with Crippen LogP contribution in [0.3, 0.4) is 0 Å². The Kier molecular flexibility index (Phi) is 4.42. The molecule has 0 bridgehead atoms. The molecule has 0 unspecified atom stereocenters. The number of nitrogens with zero attached hydrogens (tertiary/aromatic N) is 1. The highest BCUT2D eigenvalue weighted by Crippen LogP contribution is 2.32. The van der Waals surface area contributed by atoms with E-state index in [4.69, 9.17) is 29.6 Å². The summed E-state index contributed by atoms with van der Waals surface area (Å²) in [7, 11) is -3.64. The van der Waals surface area contributed by atoms with Crippen molar-refractivity contribution in [2.75, 3.05) is 13.1 Å². The van der Waals surface area contributed by atoms with Crippen LogP contribution in [0.2, 0.25) is 10.0 Å². The highest BCUT2D eigenvalue weighted by atomic mass is 35.5. The number of halogens is 2. The van der Waals surface area contributed by atoms with Crippen molar-refractivity contribution in [2.45, 2.75) is 17.7 Å². The lowest BCUT2D eigenvalue weighted by Gasteiger charge is -2.20. The Labute approximate surface area is 123 Å². The Hall–Kier alpha value is -0.730. The number of terminal acetylenes is 1. The van der Waals surface area contributed by atoms with Crippen LogP contribution in [0.1, 0.15) is 12.8 Å². The molecule has 1 fully saturated rings. The standard InChI is InChI=1S/C13H13Cl2NO2S/c1-2-5-16(9-10-3-4-10)19(17,18)13-7-11(14)6-12(15)8-13/h1,6-8,10H,3-5,9H2. The van der Waals surface area contributed by atoms with Gasteiger partial charge in [-0.1, -0.05) is 29.1 Å². The van der Waals surface area contributed by atoms with E-state index in [0.717, 1.165) is 12.8 Å². The second-order valence-corrected chi connectivity index (χ2v) is 7.36. The van der Waals surface area contributed by atoms with E-state index in [0.29, 0.717) is 12.5 Å². The molecule has 1 aromatic rings. The fraction of sp³-hybridized carbons (Fsp3) is 0.385. The van der Waals surface area contributed by atoms with Gasteiger partial charge in [0.05, 0.1) is 11.4 Å². The third-order valence-corrected chi connectivity index (χ3v) is 5.13. The molecule has 0 aliphatic heterocycles. The molecule has 2 rings (SSSR count). The average molecular weight is 318 g/mol. The van der Waals surface area contributed by atoms with Gasteiger partial charge in [0.2, 0.25) is 10.0 Å². The number of rotatable bonds is 5. The highest BCUT2D eigenvalue weighted by Gasteiger charge is 2.31. The molecule has 0 aromatic heterocycles. The molecule has 0 atom stereocenters. The first-order valence-electron chi connectivity index (χ1n) is 5.83. The quantitative estimate of drug-likeness (QED) is 0.783. The molecule has 3 nitrogen and oxygen atoms in total. The van der Waals surface area contributed by atoms with Crippen molar-refractivity contribution in [1.29, 1.82) is 0 Å². The molecule has 1 aliphatic carbocycles. The van der Waals surface area contributed by atoms with Gasteiger partial charge in [-0.05, 0) is 37.0 Å². The van der Waals surface area contributed by atoms with Crippen LogP contribution in [-0.2, 0) is 10.0 Å². The van der Waals surface area contributed by atoms with Gasteiger partial charge < -0.3 is 0 Å². The van der Waals surface area contributed by atoms with Gasteiger partial charge in [-0.3, -0.25) is 0 Å². The Balaban J connectivity index is 2.34. The van der Waals surface area contributed by atoms with Crippen LogP contribution in [0.15, 0.2) is 23.1 Å². The second kappa shape index (κ2) is 5.72. The van der Waals surface area contributed by atoms with Crippen molar-refractivity contribution in [3.05, 3.63) is 28.2 Å². The monoisotopic (exact) mass is 317 g/mol. The predicted octanol–water partition coefficient (Wildman–Crippen LogP) is 3.03. The van der Waals surface area contributed by atoms with Gasteiger partial charge in [0.25, 0.3) is 0 Å². The lowest BCUT2D eigenvalue weighted by atomic mass is 10.4. The molecule has 6 heteroatoms. The fourth-order valence-corrected chi connectivity index (χ4v) is 3.92. The van der Waals surface area contributed by atoms with Crippen LogP contribution in [0.4, 0.5) is 0 Å². The van der Waals surface area contributed by atoms with Crippen LogP contribution in [-0.4, -0.2) is 25.8 Å². The first-order chi connectivity index (χ1) is 8.93. The summed E-state index contributed by atoms with van der Waals surface area (Å²) in [6, 6.07) is 4.27. The highest BCUT2D eigenvalue weighted by molar-refractivity contribution is 7.89. The first kappa shape index (κ1) is 14.7. The van der Waals surface area contributed by atoms with E-state index < -0.39 is 10.0 Å². The Morgan fingerprint density at radius 3 is 2.32 bits per heavy atom. The van der Waals surface area contributed by atoms with Gasteiger partial charge in [-0.25, -0.2) is 8.42 Å². The molecule has 0 radical (unpaired) electrons. The van der Waals surface area contributed by atoms with Crippen LogP contribution >= 0.6 is 23.2 Å². The van der Waals surface area contributed by atoms with E-state index in [1.807, 2.05) is 0 Å². The second-order valence-electron chi connectivity index (χ2n) is 4.55. The zero-order chi connectivity index (χ0) is 14.0. The number of hydrogen-bond acceptors (Lipinski definition) is 2. The molecule has 0 N–H and O–H groups in total. The van der Waals surface area contributed by atoms with Gasteiger partial charge in [-0.15, -0.1) is 6.42 Å². The van der Waals surface area contributed by atoms with Crippen molar-refractivity contribution < 1.29 is 8.42 Å². The van der Waals surface area contributed by atoms with Gasteiger partial charge in [0.15, 0.2) is 0 Å². The summed E-state index contributed by atoms with van der Waals surface area (Å²) in [4.78, 5) is 0.0842. The van der Waals surface area contributed by atoms with Crippen molar-refractivity contribution in [3.63, 3.8) is 0 Å². The third-order valence-electron chi connectivity index (χ3n) is 2.90. The molecule has 1 aromatic carbocycles. The molecule has 102 valence electrons. The zero-order valence-corrected chi connectivity index (χ0v) is 12.5. The van der Waals surface area contributed by atoms with Gasteiger partial charge in [-0.2, -0.15) is 4.31 Å². The van der Waals surface area contributed by atoms with E-state index in [9.17, 15) is 8.42 Å². The minimum atomic E-state index is -3.64. The summed E-state index contributed by atoms with van der Waals surface area (Å²) in [5, 5.41) is 0.580. The maximum Gasteiger partial charge on any atom is 0.244 e. The molecule has 0 spiro atoms. The normalized spacial score (nSPS) is 15.5. The number of sulfonamides is 1. The Morgan fingerprint density at radius 1 is 1.26 bits per heavy atom. The van der Waals surface area contributed by atoms with E-state index in [2.05, 4.69) is 5.92 Å². The SMILES string of the molecule is C#CCN(CC1CC1)S(=O)(=O)c1cc(Cl)cc(Cl)c1. The van der Waals surface area contributed by atoms with Crippen molar-refractivity contribution in [3.8, 4) is 12.3 Å². The van der Waals surface area contributed by atoms with Crippen LogP contribution < -0.4 is 0 Å². The summed E-state index contributed by atoms with van der Waals surface area (Å²) in [6.45, 7) is 0.514. The largest absolute Gasteiger partial charge is 0.244 e. The maximum absolute atomic E-state index is 12.5. The minimum Gasteiger partial charge on any atom is -0.207 e. The summed E-state index contributed by atoms with van der Waals surface area (Å²) in [5.74, 6) is 2.80. The topological polar surface area (TPSA) is 37.4 Å². The Bertz CT molecular complexity index is 598. The maximum atomic E-state index is 12.5. The van der Waals surface area contributed by atoms with Gasteiger partial charge in [0, 0.05) is 16.6 Å². The van der Waals surface area contributed by atoms with E-state index in [1.54, 1.807) is 0 Å². The molecule has 0 saturated heterocycles. The zero-order valence-electron chi connectivity index (χ0n) is 10.1. The molecule has 1 saturated carbocycles. The average Bonchev–Trinajstić information content (AvgIpc) is 3.11. The van der Waals surface area contributed by atoms with Gasteiger partial charge >= 0.3 is 0 Å². The third kappa shape index (κ3) is 3.64. The summed E-state index contributed by atoms with van der Waals surface area (Å²) < 4.78 is 26.3. The molecule has 0 amide bonds. The smallest absolute Gasteiger partial charge is 0.207 e. The van der Waals surface area contributed by atoms with E-state index in [-0.39, 0.29) is 21.5 Å². The molecule has 19 heavy (non-hydrogen) atoms. The van der Waals surface area contributed by atoms with Crippen LogP contribution in [0.5, 0.6) is 0 Å². The van der Waals surface area contributed by atoms with Crippen molar-refractivity contribution >= 4 is 33.2 Å². The summed E-state index contributed by atoms with van der Waals surface area (Å²) in [5.41, 5.74) is 0. The van der Waals surface area contributed by atoms with E-state index >= 15 is 0 Å². The summed E-state index contributed by atoms with van der Waals surface area (Å²) >= 11 is 11.7. The molecular formula is C13H13Cl2NO2S. The Morgan fingerprint density at radius 2 is 1.84 bits per heavy atom. The molecule has 0 heterocycles. The van der Waals surface area contributed by atoms with Crippen molar-refractivity contribution in [2.24, 2.45) is 5.92 Å². The fourth-order valence-electron chi connectivity index (χ4n) is 1.76. The van der Waals surface area contributed by atoms with E-state index in [1.165, 1.54) is 22.5 Å². The summed E-state index contributed by atoms with van der Waals surface area (Å²) in [6.07, 6.45) is 7.35. The predicted molar refractivity (Wildman–Crippen MR) is 76.8 cm³/mol. The van der Waals surface area contributed by atoms with Gasteiger partial charge in [0.1, 0.15) is 0 Å². The first-order valence-corrected chi connectivity index (χ1v) is 8.03. The minimum absolute atomic E-state index is 0.0585. The number of hydrogen-bond donors (Lipinski definition) is 0. The van der Waals surface area contributed by atoms with Crippen LogP contribution in [0.25, 0.3) is 0 Å².